The first kappa shape index (κ1) is 14.4. The van der Waals surface area contributed by atoms with Gasteiger partial charge >= 0.3 is 0 Å². The van der Waals surface area contributed by atoms with Crippen LogP contribution in [0.1, 0.15) is 23.6 Å². The minimum atomic E-state index is 0.0870. The molecule has 1 saturated heterocycles. The fourth-order valence-electron chi connectivity index (χ4n) is 3.05. The SMILES string of the molecule is CN1CCN(Cc2ccc3c(c2)OCCC3NC=O)CC1. The molecule has 1 unspecified atom stereocenters. The van der Waals surface area contributed by atoms with E-state index < -0.39 is 0 Å². The molecule has 0 spiro atoms. The van der Waals surface area contributed by atoms with E-state index >= 15 is 0 Å². The molecular formula is C16H23N3O2. The highest BCUT2D eigenvalue weighted by molar-refractivity contribution is 5.50. The zero-order valence-electron chi connectivity index (χ0n) is 12.5. The molecule has 2 aliphatic rings. The molecule has 21 heavy (non-hydrogen) atoms. The lowest BCUT2D eigenvalue weighted by atomic mass is 9.99. The standard InChI is InChI=1S/C16H23N3O2/c1-18-5-7-19(8-6-18)11-13-2-3-14-15(17-12-20)4-9-21-16(14)10-13/h2-3,10,12,15H,4-9,11H2,1H3,(H,17,20). The number of fused-ring (bicyclic) bond motifs is 1. The van der Waals surface area contributed by atoms with E-state index in [-0.39, 0.29) is 6.04 Å². The lowest BCUT2D eigenvalue weighted by Gasteiger charge is -2.32. The number of hydrogen-bond donors (Lipinski definition) is 1. The second kappa shape index (κ2) is 6.45. The summed E-state index contributed by atoms with van der Waals surface area (Å²) < 4.78 is 5.76. The third kappa shape index (κ3) is 3.36. The van der Waals surface area contributed by atoms with E-state index in [1.54, 1.807) is 0 Å². The van der Waals surface area contributed by atoms with Gasteiger partial charge in [-0.3, -0.25) is 9.69 Å². The predicted octanol–water partition coefficient (Wildman–Crippen LogP) is 1.00. The van der Waals surface area contributed by atoms with Crippen molar-refractivity contribution in [1.29, 1.82) is 0 Å². The first-order chi connectivity index (χ1) is 10.3. The second-order valence-electron chi connectivity index (χ2n) is 5.93. The van der Waals surface area contributed by atoms with Crippen LogP contribution >= 0.6 is 0 Å². The summed E-state index contributed by atoms with van der Waals surface area (Å²) in [6.07, 6.45) is 1.61. The molecule has 2 heterocycles. The first-order valence-corrected chi connectivity index (χ1v) is 7.62. The minimum absolute atomic E-state index is 0.0870. The van der Waals surface area contributed by atoms with Gasteiger partial charge in [0, 0.05) is 44.7 Å². The van der Waals surface area contributed by atoms with Crippen LogP contribution in [0.3, 0.4) is 0 Å². The van der Waals surface area contributed by atoms with Crippen LogP contribution in [0.2, 0.25) is 0 Å². The van der Waals surface area contributed by atoms with E-state index in [0.717, 1.165) is 56.9 Å². The van der Waals surface area contributed by atoms with Crippen molar-refractivity contribution < 1.29 is 9.53 Å². The molecule has 1 amide bonds. The summed E-state index contributed by atoms with van der Waals surface area (Å²) in [5.74, 6) is 0.923. The number of ether oxygens (including phenoxy) is 1. The summed E-state index contributed by atoms with van der Waals surface area (Å²) in [5, 5.41) is 2.87. The summed E-state index contributed by atoms with van der Waals surface area (Å²) in [4.78, 5) is 15.5. The fourth-order valence-corrected chi connectivity index (χ4v) is 3.05. The highest BCUT2D eigenvalue weighted by Crippen LogP contribution is 2.32. The number of carbonyl (C=O) groups is 1. The molecule has 3 rings (SSSR count). The minimum Gasteiger partial charge on any atom is -0.493 e. The smallest absolute Gasteiger partial charge is 0.207 e. The summed E-state index contributed by atoms with van der Waals surface area (Å²) in [5.41, 5.74) is 2.38. The van der Waals surface area contributed by atoms with E-state index in [2.05, 4.69) is 40.4 Å². The fraction of sp³-hybridized carbons (Fsp3) is 0.562. The van der Waals surface area contributed by atoms with Gasteiger partial charge in [0.25, 0.3) is 0 Å². The topological polar surface area (TPSA) is 44.8 Å². The Bertz CT molecular complexity index is 498. The van der Waals surface area contributed by atoms with Gasteiger partial charge in [-0.2, -0.15) is 0 Å². The van der Waals surface area contributed by atoms with Crippen molar-refractivity contribution in [2.45, 2.75) is 19.0 Å². The van der Waals surface area contributed by atoms with Gasteiger partial charge in [-0.15, -0.1) is 0 Å². The first-order valence-electron chi connectivity index (χ1n) is 7.62. The van der Waals surface area contributed by atoms with E-state index in [9.17, 15) is 4.79 Å². The van der Waals surface area contributed by atoms with E-state index in [0.29, 0.717) is 6.61 Å². The molecule has 5 heteroatoms. The molecule has 1 N–H and O–H groups in total. The Morgan fingerprint density at radius 3 is 2.90 bits per heavy atom. The van der Waals surface area contributed by atoms with Gasteiger partial charge in [-0.25, -0.2) is 0 Å². The lowest BCUT2D eigenvalue weighted by Crippen LogP contribution is -2.43. The molecule has 0 saturated carbocycles. The number of amides is 1. The number of likely N-dealkylation sites (N-methyl/N-ethyl adjacent to an activating group) is 1. The van der Waals surface area contributed by atoms with Gasteiger partial charge in [0.1, 0.15) is 5.75 Å². The monoisotopic (exact) mass is 289 g/mol. The Kier molecular flexibility index (Phi) is 4.41. The van der Waals surface area contributed by atoms with Gasteiger partial charge in [0.05, 0.1) is 12.6 Å². The van der Waals surface area contributed by atoms with Crippen LogP contribution in [0.25, 0.3) is 0 Å². The third-order valence-electron chi connectivity index (χ3n) is 4.39. The van der Waals surface area contributed by atoms with Crippen LogP contribution < -0.4 is 10.1 Å². The van der Waals surface area contributed by atoms with Crippen LogP contribution in [-0.4, -0.2) is 56.0 Å². The van der Waals surface area contributed by atoms with Crippen molar-refractivity contribution in [3.63, 3.8) is 0 Å². The van der Waals surface area contributed by atoms with Crippen molar-refractivity contribution in [2.75, 3.05) is 39.8 Å². The van der Waals surface area contributed by atoms with Crippen LogP contribution in [0, 0.1) is 0 Å². The van der Waals surface area contributed by atoms with Crippen LogP contribution in [0.4, 0.5) is 0 Å². The molecule has 2 aliphatic heterocycles. The Morgan fingerprint density at radius 2 is 2.14 bits per heavy atom. The number of piperazine rings is 1. The molecule has 0 bridgehead atoms. The molecule has 1 atom stereocenters. The predicted molar refractivity (Wildman–Crippen MR) is 81.3 cm³/mol. The largest absolute Gasteiger partial charge is 0.493 e. The van der Waals surface area contributed by atoms with Crippen molar-refractivity contribution >= 4 is 6.41 Å². The average molecular weight is 289 g/mol. The molecule has 5 nitrogen and oxygen atoms in total. The number of rotatable bonds is 4. The molecular weight excluding hydrogens is 266 g/mol. The van der Waals surface area contributed by atoms with Gasteiger partial charge in [-0.1, -0.05) is 12.1 Å². The van der Waals surface area contributed by atoms with Gasteiger partial charge in [-0.05, 0) is 18.7 Å². The zero-order chi connectivity index (χ0) is 14.7. The van der Waals surface area contributed by atoms with E-state index in [1.165, 1.54) is 5.56 Å². The molecule has 114 valence electrons. The Morgan fingerprint density at radius 1 is 1.33 bits per heavy atom. The Hall–Kier alpha value is -1.59. The van der Waals surface area contributed by atoms with Crippen molar-refractivity contribution in [3.8, 4) is 5.75 Å². The van der Waals surface area contributed by atoms with E-state index in [4.69, 9.17) is 4.74 Å². The molecule has 0 aromatic heterocycles. The maximum atomic E-state index is 10.7. The molecule has 1 fully saturated rings. The number of benzene rings is 1. The Labute approximate surface area is 125 Å². The van der Waals surface area contributed by atoms with Crippen molar-refractivity contribution in [3.05, 3.63) is 29.3 Å². The maximum absolute atomic E-state index is 10.7. The summed E-state index contributed by atoms with van der Waals surface area (Å²) >= 11 is 0. The highest BCUT2D eigenvalue weighted by Gasteiger charge is 2.21. The molecule has 1 aromatic carbocycles. The zero-order valence-corrected chi connectivity index (χ0v) is 12.5. The maximum Gasteiger partial charge on any atom is 0.207 e. The van der Waals surface area contributed by atoms with Gasteiger partial charge in [0.15, 0.2) is 0 Å². The van der Waals surface area contributed by atoms with Crippen LogP contribution in [0.5, 0.6) is 5.75 Å². The molecule has 0 aliphatic carbocycles. The Balaban J connectivity index is 1.69. The highest BCUT2D eigenvalue weighted by atomic mass is 16.5. The molecule has 0 radical (unpaired) electrons. The normalized spacial score (nSPS) is 23.2. The van der Waals surface area contributed by atoms with Gasteiger partial charge < -0.3 is 15.0 Å². The molecule has 1 aromatic rings. The van der Waals surface area contributed by atoms with E-state index in [1.807, 2.05) is 0 Å². The van der Waals surface area contributed by atoms with Crippen LogP contribution in [0.15, 0.2) is 18.2 Å². The lowest BCUT2D eigenvalue weighted by molar-refractivity contribution is -0.110. The van der Waals surface area contributed by atoms with Crippen molar-refractivity contribution in [1.82, 2.24) is 15.1 Å². The number of carbonyl (C=O) groups excluding carboxylic acids is 1. The third-order valence-corrected chi connectivity index (χ3v) is 4.39. The van der Waals surface area contributed by atoms with Gasteiger partial charge in [0.2, 0.25) is 6.41 Å². The number of hydrogen-bond acceptors (Lipinski definition) is 4. The second-order valence-corrected chi connectivity index (χ2v) is 5.93. The number of nitrogens with one attached hydrogen (secondary N) is 1. The quantitative estimate of drug-likeness (QED) is 0.840. The van der Waals surface area contributed by atoms with Crippen LogP contribution in [-0.2, 0) is 11.3 Å². The summed E-state index contributed by atoms with van der Waals surface area (Å²) in [7, 11) is 2.17. The van der Waals surface area contributed by atoms with Crippen molar-refractivity contribution in [2.24, 2.45) is 0 Å². The number of nitrogens with zero attached hydrogens (tertiary/aromatic N) is 2. The summed E-state index contributed by atoms with van der Waals surface area (Å²) in [6, 6.07) is 6.47. The summed E-state index contributed by atoms with van der Waals surface area (Å²) in [6.45, 7) is 6.12. The average Bonchev–Trinajstić information content (AvgIpc) is 2.50.